The zero-order valence-electron chi connectivity index (χ0n) is 17.9. The van der Waals surface area contributed by atoms with Crippen molar-refractivity contribution in [1.82, 2.24) is 30.6 Å². The first kappa shape index (κ1) is 21.5. The number of piperazine rings is 1. The van der Waals surface area contributed by atoms with E-state index in [2.05, 4.69) is 61.6 Å². The van der Waals surface area contributed by atoms with Crippen molar-refractivity contribution in [2.24, 2.45) is 10.9 Å². The number of nitrogen functional groups attached to an aromatic ring is 1. The summed E-state index contributed by atoms with van der Waals surface area (Å²) >= 11 is 0. The Morgan fingerprint density at radius 3 is 2.48 bits per heavy atom. The number of likely N-dealkylation sites (N-methyl/N-ethyl adjacent to an activating group) is 2. The maximum atomic E-state index is 5.81. The van der Waals surface area contributed by atoms with E-state index in [1.807, 2.05) is 6.92 Å². The van der Waals surface area contributed by atoms with Gasteiger partial charge in [0.2, 0.25) is 5.95 Å². The Kier molecular flexibility index (Phi) is 7.40. The highest BCUT2D eigenvalue weighted by atomic mass is 15.4. The number of amidine groups is 1. The molecule has 29 heavy (non-hydrogen) atoms. The molecule has 9 heteroatoms. The second kappa shape index (κ2) is 10.00. The fraction of sp³-hybridized carbons (Fsp3) is 0.650. The molecule has 1 aromatic rings. The smallest absolute Gasteiger partial charge is 0.226 e. The van der Waals surface area contributed by atoms with Crippen LogP contribution >= 0.6 is 0 Å². The van der Waals surface area contributed by atoms with Crippen LogP contribution in [0.1, 0.15) is 26.2 Å². The zero-order chi connectivity index (χ0) is 20.8. The Morgan fingerprint density at radius 2 is 1.90 bits per heavy atom. The fourth-order valence-corrected chi connectivity index (χ4v) is 3.21. The second-order valence-corrected chi connectivity index (χ2v) is 8.37. The number of aromatic nitrogens is 2. The Balaban J connectivity index is 0.000000252. The summed E-state index contributed by atoms with van der Waals surface area (Å²) < 4.78 is 0. The third kappa shape index (κ3) is 7.26. The summed E-state index contributed by atoms with van der Waals surface area (Å²) in [5.74, 6) is 3.12. The molecule has 3 fully saturated rings. The van der Waals surface area contributed by atoms with Crippen LogP contribution in [-0.4, -0.2) is 78.5 Å². The molecule has 160 valence electrons. The third-order valence-electron chi connectivity index (χ3n) is 5.26. The molecule has 0 radical (unpaired) electrons. The molecule has 2 saturated heterocycles. The summed E-state index contributed by atoms with van der Waals surface area (Å²) in [6, 6.07) is 2.16. The second-order valence-electron chi connectivity index (χ2n) is 8.37. The Labute approximate surface area is 173 Å². The number of hydrazine groups is 1. The number of rotatable bonds is 5. The van der Waals surface area contributed by atoms with Crippen molar-refractivity contribution in [3.05, 3.63) is 18.2 Å². The van der Waals surface area contributed by atoms with Crippen LogP contribution < -0.4 is 21.9 Å². The van der Waals surface area contributed by atoms with Crippen LogP contribution in [0.2, 0.25) is 0 Å². The van der Waals surface area contributed by atoms with E-state index in [0.717, 1.165) is 23.7 Å². The highest BCUT2D eigenvalue weighted by molar-refractivity contribution is 5.86. The number of hydrogen-bond donors (Lipinski definition) is 4. The first-order valence-corrected chi connectivity index (χ1v) is 10.4. The van der Waals surface area contributed by atoms with Crippen LogP contribution in [0, 0.1) is 5.92 Å². The van der Waals surface area contributed by atoms with Crippen molar-refractivity contribution < 1.29 is 0 Å². The van der Waals surface area contributed by atoms with E-state index in [9.17, 15) is 0 Å². The molecule has 1 atom stereocenters. The van der Waals surface area contributed by atoms with Gasteiger partial charge in [-0.25, -0.2) is 10.4 Å². The molecule has 9 nitrogen and oxygen atoms in total. The van der Waals surface area contributed by atoms with Crippen LogP contribution in [0.25, 0.3) is 0 Å². The third-order valence-corrected chi connectivity index (χ3v) is 5.26. The van der Waals surface area contributed by atoms with Gasteiger partial charge in [0, 0.05) is 51.3 Å². The molecule has 0 spiro atoms. The summed E-state index contributed by atoms with van der Waals surface area (Å²) in [5, 5.41) is 3.08. The van der Waals surface area contributed by atoms with E-state index in [1.54, 1.807) is 6.07 Å². The summed E-state index contributed by atoms with van der Waals surface area (Å²) in [4.78, 5) is 17.7. The number of nitrogens with one attached hydrogen (secondary N) is 3. The van der Waals surface area contributed by atoms with Gasteiger partial charge in [0.05, 0.1) is 0 Å². The normalized spacial score (nSPS) is 24.0. The topological polar surface area (TPSA) is 107 Å². The summed E-state index contributed by atoms with van der Waals surface area (Å²) in [6.45, 7) is 11.3. The minimum absolute atomic E-state index is 0.401. The molecular formula is C20H35N9. The van der Waals surface area contributed by atoms with Gasteiger partial charge in [0.25, 0.3) is 0 Å². The number of anilines is 2. The molecule has 0 amide bonds. The van der Waals surface area contributed by atoms with Crippen molar-refractivity contribution in [2.45, 2.75) is 32.2 Å². The molecule has 3 aliphatic rings. The zero-order valence-corrected chi connectivity index (χ0v) is 17.9. The SMILES string of the molecule is C=C(C)CNc1nc(N)cc(N=C2CC(C3CC3)NN2)n1.CN1CCN(C)CC1. The van der Waals surface area contributed by atoms with Crippen molar-refractivity contribution in [3.8, 4) is 0 Å². The van der Waals surface area contributed by atoms with Crippen LogP contribution in [0.5, 0.6) is 0 Å². The Bertz CT molecular complexity index is 711. The number of nitrogens with zero attached hydrogens (tertiary/aromatic N) is 5. The molecule has 0 aromatic carbocycles. The molecule has 1 unspecified atom stereocenters. The van der Waals surface area contributed by atoms with Gasteiger partial charge in [-0.3, -0.25) is 0 Å². The van der Waals surface area contributed by atoms with Crippen molar-refractivity contribution in [3.63, 3.8) is 0 Å². The van der Waals surface area contributed by atoms with Crippen LogP contribution in [0.4, 0.5) is 17.6 Å². The van der Waals surface area contributed by atoms with Gasteiger partial charge in [-0.2, -0.15) is 9.97 Å². The molecular weight excluding hydrogens is 366 g/mol. The molecule has 3 heterocycles. The van der Waals surface area contributed by atoms with Gasteiger partial charge in [-0.05, 0) is 39.8 Å². The molecule has 1 saturated carbocycles. The Morgan fingerprint density at radius 1 is 1.24 bits per heavy atom. The van der Waals surface area contributed by atoms with Crippen LogP contribution in [0.15, 0.2) is 23.2 Å². The molecule has 0 bridgehead atoms. The van der Waals surface area contributed by atoms with E-state index in [1.165, 1.54) is 39.0 Å². The quantitative estimate of drug-likeness (QED) is 0.546. The molecule has 1 aromatic heterocycles. The largest absolute Gasteiger partial charge is 0.383 e. The lowest BCUT2D eigenvalue weighted by atomic mass is 10.1. The average Bonchev–Trinajstić information content (AvgIpc) is 3.42. The van der Waals surface area contributed by atoms with E-state index < -0.39 is 0 Å². The standard InChI is InChI=1S/C14H21N7.C6H14N2/c1-8(2)7-16-14-17-11(15)6-12(19-14)18-13-5-10(20-21-13)9-3-4-9;1-7-3-5-8(2)6-4-7/h6,9-10,20H,1,3-5,7H2,2H3,(H4,15,16,17,18,19,21);3-6H2,1-2H3. The van der Waals surface area contributed by atoms with Gasteiger partial charge in [-0.1, -0.05) is 12.2 Å². The van der Waals surface area contributed by atoms with Gasteiger partial charge in [-0.15, -0.1) is 0 Å². The Hall–Kier alpha value is -2.23. The van der Waals surface area contributed by atoms with Gasteiger partial charge < -0.3 is 26.3 Å². The van der Waals surface area contributed by atoms with E-state index in [-0.39, 0.29) is 0 Å². The van der Waals surface area contributed by atoms with Gasteiger partial charge in [0.15, 0.2) is 5.82 Å². The molecule has 5 N–H and O–H groups in total. The highest BCUT2D eigenvalue weighted by Crippen LogP contribution is 2.35. The van der Waals surface area contributed by atoms with Crippen molar-refractivity contribution in [2.75, 3.05) is 57.9 Å². The number of aliphatic imine (C=N–C) groups is 1. The van der Waals surface area contributed by atoms with Crippen LogP contribution in [0.3, 0.4) is 0 Å². The predicted molar refractivity (Wildman–Crippen MR) is 119 cm³/mol. The summed E-state index contributed by atoms with van der Waals surface area (Å²) in [6.07, 6.45) is 3.52. The lowest BCUT2D eigenvalue weighted by Gasteiger charge is -2.28. The molecule has 1 aliphatic carbocycles. The van der Waals surface area contributed by atoms with Crippen molar-refractivity contribution >= 4 is 23.4 Å². The predicted octanol–water partition coefficient (Wildman–Crippen LogP) is 1.22. The number of hydrogen-bond acceptors (Lipinski definition) is 8. The maximum Gasteiger partial charge on any atom is 0.226 e. The van der Waals surface area contributed by atoms with Gasteiger partial charge in [0.1, 0.15) is 11.7 Å². The van der Waals surface area contributed by atoms with Gasteiger partial charge >= 0.3 is 0 Å². The fourth-order valence-electron chi connectivity index (χ4n) is 3.21. The first-order valence-electron chi connectivity index (χ1n) is 10.4. The minimum atomic E-state index is 0.401. The van der Waals surface area contributed by atoms with Crippen LogP contribution in [-0.2, 0) is 0 Å². The summed E-state index contributed by atoms with van der Waals surface area (Å²) in [5.41, 5.74) is 13.2. The van der Waals surface area contributed by atoms with E-state index >= 15 is 0 Å². The van der Waals surface area contributed by atoms with E-state index in [4.69, 9.17) is 5.73 Å². The lowest BCUT2D eigenvalue weighted by molar-refractivity contribution is 0.181. The molecule has 4 rings (SSSR count). The van der Waals surface area contributed by atoms with E-state index in [0.29, 0.717) is 30.2 Å². The monoisotopic (exact) mass is 401 g/mol. The first-order chi connectivity index (χ1) is 13.9. The number of nitrogens with two attached hydrogens (primary N) is 1. The minimum Gasteiger partial charge on any atom is -0.383 e. The summed E-state index contributed by atoms with van der Waals surface area (Å²) in [7, 11) is 4.35. The highest BCUT2D eigenvalue weighted by Gasteiger charge is 2.35. The average molecular weight is 402 g/mol. The maximum absolute atomic E-state index is 5.81. The lowest BCUT2D eigenvalue weighted by Crippen LogP contribution is -2.42. The molecule has 2 aliphatic heterocycles. The van der Waals surface area contributed by atoms with Crippen molar-refractivity contribution in [1.29, 1.82) is 0 Å².